The molecule has 1 amide bonds. The first-order valence-electron chi connectivity index (χ1n) is 7.40. The predicted octanol–water partition coefficient (Wildman–Crippen LogP) is 3.37. The van der Waals surface area contributed by atoms with Gasteiger partial charge in [-0.25, -0.2) is 0 Å². The summed E-state index contributed by atoms with van der Waals surface area (Å²) in [5.41, 5.74) is 2.13. The van der Waals surface area contributed by atoms with Crippen LogP contribution >= 0.6 is 0 Å². The molecule has 1 heterocycles. The van der Waals surface area contributed by atoms with Gasteiger partial charge in [0.15, 0.2) is 0 Å². The van der Waals surface area contributed by atoms with Crippen molar-refractivity contribution in [1.29, 1.82) is 0 Å². The summed E-state index contributed by atoms with van der Waals surface area (Å²) >= 11 is 0. The van der Waals surface area contributed by atoms with Gasteiger partial charge in [-0.3, -0.25) is 4.79 Å². The number of H-pyrrole nitrogens is 1. The van der Waals surface area contributed by atoms with Crippen LogP contribution in [0.25, 0.3) is 10.9 Å². The molecular weight excluding hydrogens is 264 g/mol. The van der Waals surface area contributed by atoms with E-state index >= 15 is 0 Å². The van der Waals surface area contributed by atoms with Crippen LogP contribution in [-0.2, 0) is 10.2 Å². The second-order valence-electron chi connectivity index (χ2n) is 6.02. The summed E-state index contributed by atoms with van der Waals surface area (Å²) in [5, 5.41) is 4.16. The Morgan fingerprint density at radius 2 is 2.14 bits per heavy atom. The molecule has 0 aliphatic heterocycles. The quantitative estimate of drug-likeness (QED) is 0.856. The SMILES string of the molecule is CCCC(=O)NCC(C)(C)c1c[nH]c2ccc(OC)cc12. The second kappa shape index (κ2) is 6.20. The van der Waals surface area contributed by atoms with E-state index in [1.807, 2.05) is 31.3 Å². The van der Waals surface area contributed by atoms with Gasteiger partial charge in [-0.1, -0.05) is 20.8 Å². The molecule has 0 fully saturated rings. The Kier molecular flexibility index (Phi) is 4.56. The molecule has 0 radical (unpaired) electrons. The lowest BCUT2D eigenvalue weighted by Gasteiger charge is -2.25. The molecule has 2 N–H and O–H groups in total. The van der Waals surface area contributed by atoms with Gasteiger partial charge in [0.1, 0.15) is 5.75 Å². The van der Waals surface area contributed by atoms with Crippen LogP contribution in [0.3, 0.4) is 0 Å². The summed E-state index contributed by atoms with van der Waals surface area (Å²) in [6.45, 7) is 6.91. The van der Waals surface area contributed by atoms with Crippen molar-refractivity contribution in [1.82, 2.24) is 10.3 Å². The third kappa shape index (κ3) is 3.38. The molecule has 1 aromatic carbocycles. The van der Waals surface area contributed by atoms with Crippen molar-refractivity contribution in [3.05, 3.63) is 30.0 Å². The summed E-state index contributed by atoms with van der Waals surface area (Å²) in [6, 6.07) is 6.00. The maximum Gasteiger partial charge on any atom is 0.220 e. The Balaban J connectivity index is 2.24. The zero-order valence-electron chi connectivity index (χ0n) is 13.2. The van der Waals surface area contributed by atoms with Crippen LogP contribution in [0.5, 0.6) is 5.75 Å². The number of fused-ring (bicyclic) bond motifs is 1. The van der Waals surface area contributed by atoms with E-state index in [0.717, 1.165) is 23.1 Å². The second-order valence-corrected chi connectivity index (χ2v) is 6.02. The normalized spacial score (nSPS) is 11.6. The van der Waals surface area contributed by atoms with Crippen molar-refractivity contribution in [2.75, 3.05) is 13.7 Å². The molecule has 0 saturated heterocycles. The molecule has 2 rings (SSSR count). The van der Waals surface area contributed by atoms with Gasteiger partial charge >= 0.3 is 0 Å². The molecular formula is C17H24N2O2. The van der Waals surface area contributed by atoms with Crippen LogP contribution in [0.1, 0.15) is 39.2 Å². The van der Waals surface area contributed by atoms with Gasteiger partial charge < -0.3 is 15.0 Å². The van der Waals surface area contributed by atoms with Crippen molar-refractivity contribution in [2.45, 2.75) is 39.0 Å². The van der Waals surface area contributed by atoms with Gasteiger partial charge in [0.2, 0.25) is 5.91 Å². The van der Waals surface area contributed by atoms with Gasteiger partial charge in [-0.15, -0.1) is 0 Å². The lowest BCUT2D eigenvalue weighted by atomic mass is 9.84. The number of methoxy groups -OCH3 is 1. The van der Waals surface area contributed by atoms with Crippen LogP contribution in [0.15, 0.2) is 24.4 Å². The molecule has 0 spiro atoms. The first kappa shape index (κ1) is 15.4. The lowest BCUT2D eigenvalue weighted by molar-refractivity contribution is -0.121. The monoisotopic (exact) mass is 288 g/mol. The first-order valence-corrected chi connectivity index (χ1v) is 7.40. The van der Waals surface area contributed by atoms with Crippen molar-refractivity contribution in [3.63, 3.8) is 0 Å². The van der Waals surface area contributed by atoms with Crippen LogP contribution in [0.2, 0.25) is 0 Å². The highest BCUT2D eigenvalue weighted by Crippen LogP contribution is 2.32. The molecule has 0 atom stereocenters. The smallest absolute Gasteiger partial charge is 0.220 e. The average Bonchev–Trinajstić information content (AvgIpc) is 2.89. The number of carbonyl (C=O) groups is 1. The Morgan fingerprint density at radius 3 is 2.81 bits per heavy atom. The molecule has 4 nitrogen and oxygen atoms in total. The van der Waals surface area contributed by atoms with Crippen molar-refractivity contribution in [2.24, 2.45) is 0 Å². The minimum atomic E-state index is -0.145. The van der Waals surface area contributed by atoms with Gasteiger partial charge in [-0.05, 0) is 30.2 Å². The van der Waals surface area contributed by atoms with Crippen LogP contribution < -0.4 is 10.1 Å². The fraction of sp³-hybridized carbons (Fsp3) is 0.471. The number of rotatable bonds is 6. The number of aromatic amines is 1. The Hall–Kier alpha value is -1.97. The average molecular weight is 288 g/mol. The highest BCUT2D eigenvalue weighted by atomic mass is 16.5. The van der Waals surface area contributed by atoms with E-state index in [-0.39, 0.29) is 11.3 Å². The molecule has 21 heavy (non-hydrogen) atoms. The number of carbonyl (C=O) groups excluding carboxylic acids is 1. The first-order chi connectivity index (χ1) is 9.97. The Labute approximate surface area is 125 Å². The number of benzene rings is 1. The van der Waals surface area contributed by atoms with E-state index in [1.54, 1.807) is 7.11 Å². The van der Waals surface area contributed by atoms with Crippen LogP contribution in [0.4, 0.5) is 0 Å². The number of hydrogen-bond acceptors (Lipinski definition) is 2. The zero-order chi connectivity index (χ0) is 15.5. The van der Waals surface area contributed by atoms with Gasteiger partial charge in [0.05, 0.1) is 7.11 Å². The maximum absolute atomic E-state index is 11.7. The molecule has 0 unspecified atom stereocenters. The van der Waals surface area contributed by atoms with Crippen molar-refractivity contribution >= 4 is 16.8 Å². The van der Waals surface area contributed by atoms with E-state index in [1.165, 1.54) is 5.56 Å². The summed E-state index contributed by atoms with van der Waals surface area (Å²) in [7, 11) is 1.67. The highest BCUT2D eigenvalue weighted by molar-refractivity contribution is 5.86. The van der Waals surface area contributed by atoms with Crippen molar-refractivity contribution in [3.8, 4) is 5.75 Å². The Morgan fingerprint density at radius 1 is 1.38 bits per heavy atom. The van der Waals surface area contributed by atoms with Gasteiger partial charge in [0.25, 0.3) is 0 Å². The molecule has 0 bridgehead atoms. The number of hydrogen-bond donors (Lipinski definition) is 2. The summed E-state index contributed by atoms with van der Waals surface area (Å²) in [5.74, 6) is 0.956. The van der Waals surface area contributed by atoms with Gasteiger partial charge in [0, 0.05) is 35.5 Å². The number of ether oxygens (including phenoxy) is 1. The van der Waals surface area contributed by atoms with Gasteiger partial charge in [-0.2, -0.15) is 0 Å². The fourth-order valence-electron chi connectivity index (χ4n) is 2.52. The molecule has 4 heteroatoms. The standard InChI is InChI=1S/C17H24N2O2/c1-5-6-16(20)19-11-17(2,3)14-10-18-15-8-7-12(21-4)9-13(14)15/h7-10,18H,5-6,11H2,1-4H3,(H,19,20). The van der Waals surface area contributed by atoms with E-state index < -0.39 is 0 Å². The molecule has 1 aromatic heterocycles. The van der Waals surface area contributed by atoms with E-state index in [2.05, 4.69) is 24.1 Å². The summed E-state index contributed by atoms with van der Waals surface area (Å²) < 4.78 is 5.31. The molecule has 0 aliphatic carbocycles. The van der Waals surface area contributed by atoms with E-state index in [0.29, 0.717) is 13.0 Å². The molecule has 0 aliphatic rings. The van der Waals surface area contributed by atoms with E-state index in [9.17, 15) is 4.79 Å². The summed E-state index contributed by atoms with van der Waals surface area (Å²) in [6.07, 6.45) is 3.48. The topological polar surface area (TPSA) is 54.1 Å². The largest absolute Gasteiger partial charge is 0.497 e. The minimum Gasteiger partial charge on any atom is -0.497 e. The number of amides is 1. The number of nitrogens with one attached hydrogen (secondary N) is 2. The maximum atomic E-state index is 11.7. The Bertz CT molecular complexity index is 629. The fourth-order valence-corrected chi connectivity index (χ4v) is 2.52. The zero-order valence-corrected chi connectivity index (χ0v) is 13.2. The minimum absolute atomic E-state index is 0.114. The lowest BCUT2D eigenvalue weighted by Crippen LogP contribution is -2.36. The third-order valence-corrected chi connectivity index (χ3v) is 3.82. The van der Waals surface area contributed by atoms with Crippen LogP contribution in [-0.4, -0.2) is 24.5 Å². The third-order valence-electron chi connectivity index (χ3n) is 3.82. The highest BCUT2D eigenvalue weighted by Gasteiger charge is 2.24. The van der Waals surface area contributed by atoms with Crippen LogP contribution in [0, 0.1) is 0 Å². The van der Waals surface area contributed by atoms with E-state index in [4.69, 9.17) is 4.74 Å². The van der Waals surface area contributed by atoms with Crippen molar-refractivity contribution < 1.29 is 9.53 Å². The summed E-state index contributed by atoms with van der Waals surface area (Å²) in [4.78, 5) is 15.0. The predicted molar refractivity (Wildman–Crippen MR) is 85.8 cm³/mol. The molecule has 0 saturated carbocycles. The molecule has 2 aromatic rings. The molecule has 114 valence electrons. The number of aromatic nitrogens is 1.